The molecule has 2 unspecified atom stereocenters. The number of pyridine rings is 2. The molecule has 4 rings (SSSR count). The summed E-state index contributed by atoms with van der Waals surface area (Å²) in [4.78, 5) is 8.09. The first-order valence-electron chi connectivity index (χ1n) is 8.78. The molecule has 2 atom stereocenters. The Labute approximate surface area is 161 Å². The van der Waals surface area contributed by atoms with E-state index in [0.29, 0.717) is 11.7 Å². The van der Waals surface area contributed by atoms with Crippen molar-refractivity contribution >= 4 is 11.5 Å². The summed E-state index contributed by atoms with van der Waals surface area (Å²) in [5.41, 5.74) is 0.321. The summed E-state index contributed by atoms with van der Waals surface area (Å²) < 4.78 is 73.4. The second-order valence-electron chi connectivity index (χ2n) is 6.51. The lowest BCUT2D eigenvalue weighted by Crippen LogP contribution is -2.30. The van der Waals surface area contributed by atoms with Gasteiger partial charge in [-0.1, -0.05) is 0 Å². The van der Waals surface area contributed by atoms with Crippen LogP contribution in [0.25, 0.3) is 17.0 Å². The largest absolute Gasteiger partial charge is 0.487 e. The second-order valence-corrected chi connectivity index (χ2v) is 6.51. The third-order valence-corrected chi connectivity index (χ3v) is 4.50. The highest BCUT2D eigenvalue weighted by atomic mass is 19.3. The first-order valence-corrected chi connectivity index (χ1v) is 8.78. The highest BCUT2D eigenvalue weighted by Crippen LogP contribution is 2.27. The minimum atomic E-state index is -2.62. The molecule has 3 aromatic rings. The molecular weight excluding hydrogens is 397 g/mol. The number of imidazole rings is 1. The van der Waals surface area contributed by atoms with E-state index in [1.54, 1.807) is 0 Å². The summed E-state index contributed by atoms with van der Waals surface area (Å²) >= 11 is 0. The quantitative estimate of drug-likeness (QED) is 0.609. The Morgan fingerprint density at radius 3 is 2.79 bits per heavy atom. The van der Waals surface area contributed by atoms with E-state index in [0.717, 1.165) is 0 Å². The van der Waals surface area contributed by atoms with Crippen LogP contribution in [0, 0.1) is 11.6 Å². The lowest BCUT2D eigenvalue weighted by atomic mass is 10.2. The number of halogens is 5. The number of hydrogen-bond donors (Lipinski definition) is 2. The summed E-state index contributed by atoms with van der Waals surface area (Å²) in [6.07, 6.45) is -1.08. The number of nitrogens with one attached hydrogen (secondary N) is 2. The lowest BCUT2D eigenvalue weighted by Gasteiger charge is -2.16. The van der Waals surface area contributed by atoms with Crippen LogP contribution < -0.4 is 15.4 Å². The van der Waals surface area contributed by atoms with E-state index in [9.17, 15) is 22.0 Å². The zero-order valence-corrected chi connectivity index (χ0v) is 14.9. The van der Waals surface area contributed by atoms with Gasteiger partial charge in [-0.2, -0.15) is 0 Å². The van der Waals surface area contributed by atoms with Gasteiger partial charge in [-0.05, 0) is 6.07 Å². The minimum Gasteiger partial charge on any atom is -0.487 e. The van der Waals surface area contributed by atoms with Gasteiger partial charge in [-0.3, -0.25) is 4.40 Å². The van der Waals surface area contributed by atoms with Gasteiger partial charge in [0, 0.05) is 31.4 Å². The Morgan fingerprint density at radius 1 is 1.24 bits per heavy atom. The van der Waals surface area contributed by atoms with Crippen LogP contribution in [0.3, 0.4) is 0 Å². The van der Waals surface area contributed by atoms with Crippen LogP contribution in [0.1, 0.15) is 0 Å². The zero-order valence-electron chi connectivity index (χ0n) is 14.9. The van der Waals surface area contributed by atoms with E-state index < -0.39 is 36.9 Å². The van der Waals surface area contributed by atoms with Crippen molar-refractivity contribution in [1.29, 1.82) is 0 Å². The molecule has 29 heavy (non-hydrogen) atoms. The maximum absolute atomic E-state index is 14.4. The third kappa shape index (κ3) is 3.95. The first kappa shape index (κ1) is 19.4. The second kappa shape index (κ2) is 7.82. The highest BCUT2D eigenvalue weighted by Gasteiger charge is 2.28. The average molecular weight is 413 g/mol. The summed E-state index contributed by atoms with van der Waals surface area (Å²) in [7, 11) is 0. The molecule has 4 heterocycles. The number of alkyl halides is 3. The average Bonchev–Trinajstić information content (AvgIpc) is 3.28. The van der Waals surface area contributed by atoms with Crippen LogP contribution >= 0.6 is 0 Å². The molecule has 0 saturated carbocycles. The summed E-state index contributed by atoms with van der Waals surface area (Å²) in [6, 6.07) is 2.80. The van der Waals surface area contributed by atoms with Gasteiger partial charge < -0.3 is 15.4 Å². The van der Waals surface area contributed by atoms with E-state index in [1.165, 1.54) is 28.9 Å². The van der Waals surface area contributed by atoms with Gasteiger partial charge in [0.25, 0.3) is 6.43 Å². The van der Waals surface area contributed by atoms with E-state index in [1.807, 2.05) is 0 Å². The van der Waals surface area contributed by atoms with Gasteiger partial charge in [-0.15, -0.1) is 0 Å². The molecule has 0 aromatic carbocycles. The fourth-order valence-corrected chi connectivity index (χ4v) is 3.10. The van der Waals surface area contributed by atoms with E-state index in [-0.39, 0.29) is 36.0 Å². The van der Waals surface area contributed by atoms with Gasteiger partial charge in [-0.25, -0.2) is 31.9 Å². The highest BCUT2D eigenvalue weighted by molar-refractivity contribution is 5.63. The summed E-state index contributed by atoms with van der Waals surface area (Å²) in [5.74, 6) is -1.96. The normalized spacial score (nSPS) is 19.2. The molecule has 0 bridgehead atoms. The fraction of sp³-hybridized carbons (Fsp3) is 0.333. The van der Waals surface area contributed by atoms with Gasteiger partial charge in [0.15, 0.2) is 17.5 Å². The Morgan fingerprint density at radius 2 is 2.07 bits per heavy atom. The Balaban J connectivity index is 1.66. The van der Waals surface area contributed by atoms with Crippen molar-refractivity contribution in [2.45, 2.75) is 18.6 Å². The van der Waals surface area contributed by atoms with Gasteiger partial charge in [0.05, 0.1) is 17.9 Å². The number of fused-ring (bicyclic) bond motifs is 1. The van der Waals surface area contributed by atoms with E-state index >= 15 is 0 Å². The molecule has 2 N–H and O–H groups in total. The van der Waals surface area contributed by atoms with E-state index in [4.69, 9.17) is 4.74 Å². The van der Waals surface area contributed by atoms with Gasteiger partial charge in [0.1, 0.15) is 29.9 Å². The molecule has 0 amide bonds. The molecule has 1 saturated heterocycles. The van der Waals surface area contributed by atoms with Crippen molar-refractivity contribution in [3.8, 4) is 17.1 Å². The molecule has 1 aliphatic heterocycles. The Bertz CT molecular complexity index is 1030. The summed E-state index contributed by atoms with van der Waals surface area (Å²) in [5, 5.41) is 5.49. The minimum absolute atomic E-state index is 0.135. The maximum atomic E-state index is 14.4. The van der Waals surface area contributed by atoms with Gasteiger partial charge >= 0.3 is 0 Å². The SMILES string of the molecule is Fc1cc(F)c(-c2cnc3cc(OCC(F)F)ccn23)nc1NC1CNCC1F. The van der Waals surface area contributed by atoms with Crippen LogP contribution in [-0.2, 0) is 0 Å². The molecule has 6 nitrogen and oxygen atoms in total. The molecular formula is C18H16F5N5O. The van der Waals surface area contributed by atoms with Crippen LogP contribution in [0.5, 0.6) is 5.75 Å². The number of aromatic nitrogens is 3. The maximum Gasteiger partial charge on any atom is 0.272 e. The summed E-state index contributed by atoms with van der Waals surface area (Å²) in [6.45, 7) is -0.346. The zero-order chi connectivity index (χ0) is 20.5. The van der Waals surface area contributed by atoms with Crippen molar-refractivity contribution in [3.05, 3.63) is 42.2 Å². The molecule has 1 aliphatic rings. The molecule has 0 aliphatic carbocycles. The Kier molecular flexibility index (Phi) is 5.22. The predicted molar refractivity (Wildman–Crippen MR) is 95.0 cm³/mol. The molecule has 1 fully saturated rings. The third-order valence-electron chi connectivity index (χ3n) is 4.50. The van der Waals surface area contributed by atoms with Crippen molar-refractivity contribution in [2.75, 3.05) is 25.0 Å². The molecule has 154 valence electrons. The topological polar surface area (TPSA) is 63.5 Å². The first-order chi connectivity index (χ1) is 13.9. The molecule has 3 aromatic heterocycles. The number of hydrogen-bond acceptors (Lipinski definition) is 5. The monoisotopic (exact) mass is 413 g/mol. The van der Waals surface area contributed by atoms with Gasteiger partial charge in [0.2, 0.25) is 0 Å². The number of rotatable bonds is 6. The number of nitrogens with zero attached hydrogens (tertiary/aromatic N) is 3. The van der Waals surface area contributed by atoms with Crippen LogP contribution in [0.4, 0.5) is 27.8 Å². The Hall–Kier alpha value is -2.95. The smallest absolute Gasteiger partial charge is 0.272 e. The van der Waals surface area contributed by atoms with Crippen molar-refractivity contribution in [1.82, 2.24) is 19.7 Å². The predicted octanol–water partition coefficient (Wildman–Crippen LogP) is 3.04. The standard InChI is InChI=1S/C18H16F5N5O/c19-10-4-11(20)18(26-13-6-24-5-12(13)21)27-17(10)14-7-25-16-3-9(1-2-28(14)16)29-8-15(22)23/h1-4,7,12-13,15,24H,5-6,8H2,(H,26,27). The van der Waals surface area contributed by atoms with Crippen molar-refractivity contribution in [3.63, 3.8) is 0 Å². The molecule has 0 spiro atoms. The van der Waals surface area contributed by atoms with Crippen molar-refractivity contribution < 1.29 is 26.7 Å². The van der Waals surface area contributed by atoms with Crippen LogP contribution in [-0.4, -0.2) is 52.7 Å². The van der Waals surface area contributed by atoms with E-state index in [2.05, 4.69) is 20.6 Å². The number of anilines is 1. The van der Waals surface area contributed by atoms with Crippen LogP contribution in [0.2, 0.25) is 0 Å². The number of ether oxygens (including phenoxy) is 1. The molecule has 11 heteroatoms. The fourth-order valence-electron chi connectivity index (χ4n) is 3.10. The molecule has 0 radical (unpaired) electrons. The van der Waals surface area contributed by atoms with Crippen LogP contribution in [0.15, 0.2) is 30.6 Å². The van der Waals surface area contributed by atoms with Crippen molar-refractivity contribution in [2.24, 2.45) is 0 Å². The lowest BCUT2D eigenvalue weighted by molar-refractivity contribution is 0.0819.